The van der Waals surface area contributed by atoms with Crippen LogP contribution in [0.5, 0.6) is 0 Å². The van der Waals surface area contributed by atoms with Crippen LogP contribution in [0.15, 0.2) is 30.3 Å². The third-order valence-corrected chi connectivity index (χ3v) is 10.8. The minimum absolute atomic E-state index is 0.114. The van der Waals surface area contributed by atoms with Gasteiger partial charge in [-0.05, 0) is 42.2 Å². The number of Topliss-reactive ketones (excluding diaryl/α,β-unsaturated/α-hetero) is 1. The van der Waals surface area contributed by atoms with E-state index < -0.39 is 52.6 Å². The Morgan fingerprint density at radius 2 is 1.64 bits per heavy atom. The van der Waals surface area contributed by atoms with Gasteiger partial charge in [0.25, 0.3) is 0 Å². The Kier molecular flexibility index (Phi) is 5.56. The third-order valence-electron chi connectivity index (χ3n) is 10.8. The predicted molar refractivity (Wildman–Crippen MR) is 131 cm³/mol. The molecule has 4 saturated carbocycles. The minimum Gasteiger partial charge on any atom is -0.462 e. The molecule has 0 amide bonds. The first-order valence-corrected chi connectivity index (χ1v) is 13.1. The van der Waals surface area contributed by atoms with Gasteiger partial charge < -0.3 is 19.7 Å². The Labute approximate surface area is 212 Å². The molecule has 196 valence electrons. The summed E-state index contributed by atoms with van der Waals surface area (Å²) in [6.45, 7) is 11.0. The zero-order chi connectivity index (χ0) is 26.4. The number of aliphatic hydroxyl groups is 2. The summed E-state index contributed by atoms with van der Waals surface area (Å²) >= 11 is 0. The van der Waals surface area contributed by atoms with Crippen molar-refractivity contribution in [2.45, 2.75) is 84.7 Å². The lowest BCUT2D eigenvalue weighted by molar-refractivity contribution is -0.293. The number of benzene rings is 1. The maximum absolute atomic E-state index is 14.9. The highest BCUT2D eigenvalue weighted by Gasteiger charge is 2.81. The average Bonchev–Trinajstić information content (AvgIpc) is 3.10. The molecular weight excluding hydrogens is 460 g/mol. The zero-order valence-electron chi connectivity index (χ0n) is 22.0. The van der Waals surface area contributed by atoms with E-state index in [1.807, 2.05) is 34.6 Å². The lowest BCUT2D eigenvalue weighted by Gasteiger charge is -2.72. The van der Waals surface area contributed by atoms with Gasteiger partial charge in [0.15, 0.2) is 11.4 Å². The van der Waals surface area contributed by atoms with Crippen molar-refractivity contribution in [3.63, 3.8) is 0 Å². The highest BCUT2D eigenvalue weighted by atomic mass is 16.6. The van der Waals surface area contributed by atoms with Gasteiger partial charge in [0.1, 0.15) is 6.10 Å². The maximum atomic E-state index is 14.9. The summed E-state index contributed by atoms with van der Waals surface area (Å²) in [4.78, 5) is 40.4. The van der Waals surface area contributed by atoms with Crippen molar-refractivity contribution in [2.24, 2.45) is 39.9 Å². The largest absolute Gasteiger partial charge is 0.462 e. The van der Waals surface area contributed by atoms with Crippen LogP contribution in [-0.4, -0.2) is 51.8 Å². The molecule has 36 heavy (non-hydrogen) atoms. The van der Waals surface area contributed by atoms with Gasteiger partial charge in [-0.15, -0.1) is 0 Å². The van der Waals surface area contributed by atoms with Crippen molar-refractivity contribution in [2.75, 3.05) is 0 Å². The molecule has 4 fully saturated rings. The minimum atomic E-state index is -1.67. The van der Waals surface area contributed by atoms with E-state index in [2.05, 4.69) is 0 Å². The molecule has 0 bridgehead atoms. The van der Waals surface area contributed by atoms with Crippen molar-refractivity contribution in [1.29, 1.82) is 0 Å². The van der Waals surface area contributed by atoms with E-state index in [0.29, 0.717) is 12.0 Å². The zero-order valence-corrected chi connectivity index (χ0v) is 22.0. The van der Waals surface area contributed by atoms with Gasteiger partial charge in [0, 0.05) is 30.1 Å². The van der Waals surface area contributed by atoms with E-state index in [-0.39, 0.29) is 35.4 Å². The van der Waals surface area contributed by atoms with Crippen LogP contribution >= 0.6 is 0 Å². The van der Waals surface area contributed by atoms with Crippen LogP contribution in [0.3, 0.4) is 0 Å². The number of carbonyl (C=O) groups is 3. The van der Waals surface area contributed by atoms with Gasteiger partial charge in [0.2, 0.25) is 0 Å². The molecule has 0 aliphatic heterocycles. The first kappa shape index (κ1) is 25.4. The van der Waals surface area contributed by atoms with E-state index in [9.17, 15) is 24.6 Å². The second-order valence-electron chi connectivity index (χ2n) is 12.8. The van der Waals surface area contributed by atoms with Crippen molar-refractivity contribution >= 4 is 17.7 Å². The molecule has 0 spiro atoms. The van der Waals surface area contributed by atoms with E-state index >= 15 is 0 Å². The summed E-state index contributed by atoms with van der Waals surface area (Å²) in [6, 6.07) is 8.48. The lowest BCUT2D eigenvalue weighted by atomic mass is 9.32. The molecule has 7 heteroatoms. The molecule has 0 saturated heterocycles. The van der Waals surface area contributed by atoms with Crippen LogP contribution in [0, 0.1) is 39.9 Å². The highest BCUT2D eigenvalue weighted by Crippen LogP contribution is 2.74. The van der Waals surface area contributed by atoms with E-state index in [1.165, 1.54) is 6.92 Å². The average molecular weight is 499 g/mol. The SMILES string of the molecule is CC(=O)O[C@H]1[C@H]2[C@H](O)[C@@]3(C)CC[C@@H]4[C@H]([C@H](O)C4(C)C)[C@@]3(C)C(=O)[C@]2(OC(=O)c2ccccc2)C[C@@H]1C. The molecule has 0 unspecified atom stereocenters. The van der Waals surface area contributed by atoms with Crippen molar-refractivity contribution < 1.29 is 34.1 Å². The number of hydrogen-bond acceptors (Lipinski definition) is 7. The summed E-state index contributed by atoms with van der Waals surface area (Å²) in [6.07, 6.45) is -1.05. The van der Waals surface area contributed by atoms with Gasteiger partial charge in [-0.1, -0.05) is 52.8 Å². The van der Waals surface area contributed by atoms with Gasteiger partial charge in [0.05, 0.1) is 23.7 Å². The number of fused-ring (bicyclic) bond motifs is 4. The summed E-state index contributed by atoms with van der Waals surface area (Å²) < 4.78 is 11.9. The maximum Gasteiger partial charge on any atom is 0.339 e. The molecule has 0 aromatic heterocycles. The predicted octanol–water partition coefficient (Wildman–Crippen LogP) is 3.55. The summed E-state index contributed by atoms with van der Waals surface area (Å²) in [7, 11) is 0. The molecule has 5 rings (SSSR count). The van der Waals surface area contributed by atoms with Crippen molar-refractivity contribution in [3.8, 4) is 0 Å². The second kappa shape index (κ2) is 7.87. The quantitative estimate of drug-likeness (QED) is 0.613. The summed E-state index contributed by atoms with van der Waals surface area (Å²) in [5, 5.41) is 23.4. The third kappa shape index (κ3) is 2.96. The van der Waals surface area contributed by atoms with Gasteiger partial charge >= 0.3 is 11.9 Å². The Morgan fingerprint density at radius 1 is 1.00 bits per heavy atom. The van der Waals surface area contributed by atoms with Crippen LogP contribution in [0.25, 0.3) is 0 Å². The molecule has 4 aliphatic carbocycles. The Balaban J connectivity index is 1.66. The molecule has 1 aromatic carbocycles. The van der Waals surface area contributed by atoms with E-state index in [1.54, 1.807) is 30.3 Å². The van der Waals surface area contributed by atoms with Gasteiger partial charge in [-0.25, -0.2) is 4.79 Å². The standard InChI is InChI=1S/C29H38O7/c1-15-14-29(36-24(33)17-10-8-7-9-11-17)20(21(15)35-16(2)30)23(32)27(5)13-12-18-19(22(31)26(18,3)4)28(27,6)25(29)34/h7-11,15,18-23,31-32H,12-14H2,1-6H3/t15-,18+,19+,20-,21+,22-,23-,27+,28-,29-/m0/s1. The van der Waals surface area contributed by atoms with E-state index in [4.69, 9.17) is 9.47 Å². The summed E-state index contributed by atoms with van der Waals surface area (Å²) in [5.74, 6) is -2.86. The summed E-state index contributed by atoms with van der Waals surface area (Å²) in [5.41, 5.74) is -3.70. The first-order valence-electron chi connectivity index (χ1n) is 13.1. The fraction of sp³-hybridized carbons (Fsp3) is 0.690. The Morgan fingerprint density at radius 3 is 2.25 bits per heavy atom. The molecule has 1 aromatic rings. The van der Waals surface area contributed by atoms with Crippen molar-refractivity contribution in [1.82, 2.24) is 0 Å². The van der Waals surface area contributed by atoms with Gasteiger partial charge in [-0.2, -0.15) is 0 Å². The fourth-order valence-corrected chi connectivity index (χ4v) is 8.68. The monoisotopic (exact) mass is 498 g/mol. The van der Waals surface area contributed by atoms with Crippen LogP contribution in [0.2, 0.25) is 0 Å². The Bertz CT molecular complexity index is 1100. The Hall–Kier alpha value is -2.25. The highest BCUT2D eigenvalue weighted by molar-refractivity contribution is 6.00. The molecule has 10 atom stereocenters. The smallest absolute Gasteiger partial charge is 0.339 e. The first-order chi connectivity index (χ1) is 16.7. The molecule has 2 N–H and O–H groups in total. The molecule has 0 heterocycles. The normalized spacial score (nSPS) is 46.6. The number of hydrogen-bond donors (Lipinski definition) is 2. The van der Waals surface area contributed by atoms with Crippen LogP contribution in [0.4, 0.5) is 0 Å². The number of rotatable bonds is 3. The van der Waals surface area contributed by atoms with Crippen molar-refractivity contribution in [3.05, 3.63) is 35.9 Å². The number of aliphatic hydroxyl groups excluding tert-OH is 2. The number of ether oxygens (including phenoxy) is 2. The molecule has 0 radical (unpaired) electrons. The number of ketones is 1. The lowest BCUT2D eigenvalue weighted by Crippen LogP contribution is -2.79. The van der Waals surface area contributed by atoms with Crippen LogP contribution < -0.4 is 0 Å². The fourth-order valence-electron chi connectivity index (χ4n) is 8.68. The second-order valence-corrected chi connectivity index (χ2v) is 12.8. The topological polar surface area (TPSA) is 110 Å². The van der Waals surface area contributed by atoms with Crippen LogP contribution in [0.1, 0.15) is 71.2 Å². The molecular formula is C29H38O7. The molecule has 4 aliphatic rings. The van der Waals surface area contributed by atoms with E-state index in [0.717, 1.165) is 6.42 Å². The molecule has 7 nitrogen and oxygen atoms in total. The number of esters is 2. The van der Waals surface area contributed by atoms with Gasteiger partial charge in [-0.3, -0.25) is 9.59 Å². The number of carbonyl (C=O) groups excluding carboxylic acids is 3. The van der Waals surface area contributed by atoms with Crippen LogP contribution in [-0.2, 0) is 19.1 Å².